The number of phenolic OH excluding ortho intramolecular Hbond substituents is 1. The molecule has 1 aliphatic carbocycles. The van der Waals surface area contributed by atoms with E-state index in [9.17, 15) is 24.3 Å². The zero-order valence-electron chi connectivity index (χ0n) is 22.8. The molecule has 0 heterocycles. The number of phenols is 1. The lowest BCUT2D eigenvalue weighted by Crippen LogP contribution is -2.54. The van der Waals surface area contributed by atoms with Gasteiger partial charge in [-0.1, -0.05) is 26.3 Å². The number of nitrogens with two attached hydrogens (primary N) is 1. The number of aryl methyl sites for hydroxylation is 1. The SMILES string of the molecule is CCCCNC(=O)C(c1ccc(O)c(C)c1)N(C(=O)C(CCC(N)=O)NC(=O)OC(C)(C)C)C1CC1C. The molecule has 4 amide bonds. The Kier molecular flexibility index (Phi) is 10.3. The molecule has 0 radical (unpaired) electrons. The summed E-state index contributed by atoms with van der Waals surface area (Å²) >= 11 is 0. The Morgan fingerprint density at radius 3 is 2.41 bits per heavy atom. The van der Waals surface area contributed by atoms with Gasteiger partial charge in [-0.25, -0.2) is 4.79 Å². The summed E-state index contributed by atoms with van der Waals surface area (Å²) in [5, 5.41) is 15.6. The molecular weight excluding hydrogens is 476 g/mol. The van der Waals surface area contributed by atoms with Crippen molar-refractivity contribution in [2.24, 2.45) is 11.7 Å². The number of aromatic hydroxyl groups is 1. The van der Waals surface area contributed by atoms with Crippen molar-refractivity contribution in [1.29, 1.82) is 0 Å². The lowest BCUT2D eigenvalue weighted by atomic mass is 9.99. The Morgan fingerprint density at radius 2 is 1.89 bits per heavy atom. The van der Waals surface area contributed by atoms with Crippen molar-refractivity contribution in [1.82, 2.24) is 15.5 Å². The summed E-state index contributed by atoms with van der Waals surface area (Å²) in [5.41, 5.74) is 5.66. The summed E-state index contributed by atoms with van der Waals surface area (Å²) in [6.07, 6.45) is 1.39. The number of benzene rings is 1. The van der Waals surface area contributed by atoms with Gasteiger partial charge in [0.1, 0.15) is 23.4 Å². The molecule has 37 heavy (non-hydrogen) atoms. The molecule has 0 spiro atoms. The molecule has 10 nitrogen and oxygen atoms in total. The molecule has 4 unspecified atom stereocenters. The minimum atomic E-state index is -1.13. The van der Waals surface area contributed by atoms with Gasteiger partial charge in [0.2, 0.25) is 17.7 Å². The second kappa shape index (κ2) is 12.8. The Labute approximate surface area is 219 Å². The Hall–Kier alpha value is -3.30. The highest BCUT2D eigenvalue weighted by atomic mass is 16.6. The van der Waals surface area contributed by atoms with Crippen molar-refractivity contribution in [2.75, 3.05) is 6.54 Å². The first-order chi connectivity index (χ1) is 17.2. The topological polar surface area (TPSA) is 151 Å². The van der Waals surface area contributed by atoms with Crippen LogP contribution in [0, 0.1) is 12.8 Å². The molecule has 0 aliphatic heterocycles. The van der Waals surface area contributed by atoms with Crippen LogP contribution in [0.1, 0.15) is 83.9 Å². The van der Waals surface area contributed by atoms with Gasteiger partial charge in [-0.05, 0) is 76.1 Å². The molecule has 4 atom stereocenters. The van der Waals surface area contributed by atoms with Crippen LogP contribution in [0.2, 0.25) is 0 Å². The minimum Gasteiger partial charge on any atom is -0.508 e. The molecule has 1 saturated carbocycles. The normalized spacial score (nSPS) is 18.3. The number of primary amides is 1. The predicted octanol–water partition coefficient (Wildman–Crippen LogP) is 3.05. The van der Waals surface area contributed by atoms with E-state index in [1.54, 1.807) is 39.8 Å². The molecule has 1 fully saturated rings. The third-order valence-electron chi connectivity index (χ3n) is 6.24. The molecule has 206 valence electrons. The number of carbonyl (C=O) groups is 4. The molecular formula is C27H42N4O6. The van der Waals surface area contributed by atoms with Crippen molar-refractivity contribution in [3.05, 3.63) is 29.3 Å². The predicted molar refractivity (Wildman–Crippen MR) is 140 cm³/mol. The van der Waals surface area contributed by atoms with E-state index >= 15 is 0 Å². The number of alkyl carbamates (subject to hydrolysis) is 1. The standard InChI is InChI=1S/C27H42N4O6/c1-7-8-13-29-24(34)23(18-9-11-21(32)17(3)14-18)31(20-15-16(20)2)25(35)19(10-12-22(28)33)30-26(36)37-27(4,5)6/h9,11,14,16,19-20,23,32H,7-8,10,12-13,15H2,1-6H3,(H2,28,33)(H,29,34)(H,30,36). The number of unbranched alkanes of at least 4 members (excludes halogenated alkanes) is 1. The van der Waals surface area contributed by atoms with Crippen LogP contribution in [0.15, 0.2) is 18.2 Å². The maximum atomic E-state index is 14.1. The largest absolute Gasteiger partial charge is 0.508 e. The fourth-order valence-electron chi connectivity index (χ4n) is 4.12. The number of nitrogens with zero attached hydrogens (tertiary/aromatic N) is 1. The molecule has 1 aromatic carbocycles. The summed E-state index contributed by atoms with van der Waals surface area (Å²) in [6, 6.07) is 2.46. The van der Waals surface area contributed by atoms with Crippen LogP contribution in [0.3, 0.4) is 0 Å². The highest BCUT2D eigenvalue weighted by Gasteiger charge is 2.48. The van der Waals surface area contributed by atoms with Crippen molar-refractivity contribution >= 4 is 23.8 Å². The maximum Gasteiger partial charge on any atom is 0.408 e. The van der Waals surface area contributed by atoms with E-state index in [0.29, 0.717) is 24.1 Å². The molecule has 10 heteroatoms. The van der Waals surface area contributed by atoms with E-state index in [1.165, 1.54) is 11.0 Å². The Balaban J connectivity index is 2.49. The van der Waals surface area contributed by atoms with Crippen molar-refractivity contribution < 1.29 is 29.0 Å². The lowest BCUT2D eigenvalue weighted by molar-refractivity contribution is -0.143. The van der Waals surface area contributed by atoms with E-state index in [2.05, 4.69) is 10.6 Å². The number of hydrogen-bond acceptors (Lipinski definition) is 6. The second-order valence-electron chi connectivity index (χ2n) is 10.8. The number of ether oxygens (including phenoxy) is 1. The first kappa shape index (κ1) is 29.9. The molecule has 2 rings (SSSR count). The Bertz CT molecular complexity index is 990. The molecule has 1 aliphatic rings. The van der Waals surface area contributed by atoms with Crippen LogP contribution in [-0.2, 0) is 19.1 Å². The molecule has 0 saturated heterocycles. The van der Waals surface area contributed by atoms with Gasteiger partial charge in [0.25, 0.3) is 0 Å². The van der Waals surface area contributed by atoms with E-state index in [-0.39, 0.29) is 36.5 Å². The van der Waals surface area contributed by atoms with Gasteiger partial charge >= 0.3 is 6.09 Å². The van der Waals surface area contributed by atoms with Crippen LogP contribution in [0.4, 0.5) is 4.79 Å². The smallest absolute Gasteiger partial charge is 0.408 e. The second-order valence-corrected chi connectivity index (χ2v) is 10.8. The van der Waals surface area contributed by atoms with E-state index < -0.39 is 35.6 Å². The summed E-state index contributed by atoms with van der Waals surface area (Å²) in [5.74, 6) is -1.23. The highest BCUT2D eigenvalue weighted by Crippen LogP contribution is 2.41. The average Bonchev–Trinajstić information content (AvgIpc) is 3.50. The van der Waals surface area contributed by atoms with Gasteiger partial charge in [0.05, 0.1) is 0 Å². The lowest BCUT2D eigenvalue weighted by Gasteiger charge is -2.35. The van der Waals surface area contributed by atoms with Crippen LogP contribution in [0.25, 0.3) is 0 Å². The van der Waals surface area contributed by atoms with Crippen LogP contribution < -0.4 is 16.4 Å². The first-order valence-corrected chi connectivity index (χ1v) is 12.9. The fraction of sp³-hybridized carbons (Fsp3) is 0.630. The monoisotopic (exact) mass is 518 g/mol. The molecule has 5 N–H and O–H groups in total. The first-order valence-electron chi connectivity index (χ1n) is 12.9. The van der Waals surface area contributed by atoms with Gasteiger partial charge < -0.3 is 31.1 Å². The van der Waals surface area contributed by atoms with E-state index in [4.69, 9.17) is 10.5 Å². The Morgan fingerprint density at radius 1 is 1.24 bits per heavy atom. The highest BCUT2D eigenvalue weighted by molar-refractivity contribution is 5.93. The zero-order valence-corrected chi connectivity index (χ0v) is 22.8. The summed E-state index contributed by atoms with van der Waals surface area (Å²) in [7, 11) is 0. The van der Waals surface area contributed by atoms with Crippen LogP contribution >= 0.6 is 0 Å². The summed E-state index contributed by atoms with van der Waals surface area (Å²) < 4.78 is 5.35. The van der Waals surface area contributed by atoms with Gasteiger partial charge in [-0.15, -0.1) is 0 Å². The average molecular weight is 519 g/mol. The molecule has 0 bridgehead atoms. The van der Waals surface area contributed by atoms with Crippen molar-refractivity contribution in [3.8, 4) is 5.75 Å². The fourth-order valence-corrected chi connectivity index (χ4v) is 4.12. The van der Waals surface area contributed by atoms with Gasteiger partial charge in [0, 0.05) is 19.0 Å². The molecule has 1 aromatic rings. The van der Waals surface area contributed by atoms with Crippen molar-refractivity contribution in [3.63, 3.8) is 0 Å². The van der Waals surface area contributed by atoms with Crippen molar-refractivity contribution in [2.45, 2.75) is 97.4 Å². The number of rotatable bonds is 12. The van der Waals surface area contributed by atoms with Gasteiger partial charge in [0.15, 0.2) is 0 Å². The maximum absolute atomic E-state index is 14.1. The zero-order chi connectivity index (χ0) is 27.9. The van der Waals surface area contributed by atoms with Crippen LogP contribution in [0.5, 0.6) is 5.75 Å². The number of nitrogens with one attached hydrogen (secondary N) is 2. The summed E-state index contributed by atoms with van der Waals surface area (Å²) in [6.45, 7) is 11.3. The van der Waals surface area contributed by atoms with E-state index in [1.807, 2.05) is 13.8 Å². The third-order valence-corrected chi connectivity index (χ3v) is 6.24. The van der Waals surface area contributed by atoms with Gasteiger partial charge in [-0.2, -0.15) is 0 Å². The summed E-state index contributed by atoms with van der Waals surface area (Å²) in [4.78, 5) is 53.3. The minimum absolute atomic E-state index is 0.0379. The van der Waals surface area contributed by atoms with E-state index in [0.717, 1.165) is 12.8 Å². The third kappa shape index (κ3) is 8.94. The number of carbonyl (C=O) groups excluding carboxylic acids is 4. The van der Waals surface area contributed by atoms with Gasteiger partial charge in [-0.3, -0.25) is 14.4 Å². The number of hydrogen-bond donors (Lipinski definition) is 4. The van der Waals surface area contributed by atoms with Crippen LogP contribution in [-0.4, -0.2) is 58.1 Å². The molecule has 0 aromatic heterocycles. The number of amides is 4. The quantitative estimate of drug-likeness (QED) is 0.312.